The number of hydrogen-bond donors (Lipinski definition) is 1. The molecule has 1 saturated heterocycles. The lowest BCUT2D eigenvalue weighted by atomic mass is 10.1. The minimum absolute atomic E-state index is 0.526. The Morgan fingerprint density at radius 3 is 2.71 bits per heavy atom. The molecular weight excluding hydrogens is 390 g/mol. The van der Waals surface area contributed by atoms with Crippen LogP contribution in [0.3, 0.4) is 0 Å². The van der Waals surface area contributed by atoms with Crippen molar-refractivity contribution in [1.82, 2.24) is 9.97 Å². The summed E-state index contributed by atoms with van der Waals surface area (Å²) in [6, 6.07) is 15.4. The topological polar surface area (TPSA) is 97.3 Å². The summed E-state index contributed by atoms with van der Waals surface area (Å²) in [5.74, 6) is 2.11. The van der Waals surface area contributed by atoms with Crippen LogP contribution in [0, 0.1) is 18.3 Å². The second-order valence-corrected chi connectivity index (χ2v) is 7.42. The van der Waals surface area contributed by atoms with Gasteiger partial charge in [-0.25, -0.2) is 4.98 Å². The lowest BCUT2D eigenvalue weighted by Crippen LogP contribution is -2.36. The van der Waals surface area contributed by atoms with E-state index >= 15 is 0 Å². The summed E-state index contributed by atoms with van der Waals surface area (Å²) in [4.78, 5) is 11.4. The van der Waals surface area contributed by atoms with E-state index in [-0.39, 0.29) is 0 Å². The highest BCUT2D eigenvalue weighted by molar-refractivity contribution is 5.69. The Labute approximate surface area is 182 Å². The molecule has 0 amide bonds. The Morgan fingerprint density at radius 2 is 2.00 bits per heavy atom. The molecule has 0 bridgehead atoms. The average Bonchev–Trinajstić information content (AvgIpc) is 2.80. The van der Waals surface area contributed by atoms with Crippen molar-refractivity contribution in [1.29, 1.82) is 5.26 Å². The molecule has 0 radical (unpaired) electrons. The van der Waals surface area contributed by atoms with Crippen molar-refractivity contribution in [3.63, 3.8) is 0 Å². The van der Waals surface area contributed by atoms with Gasteiger partial charge < -0.3 is 20.1 Å². The molecule has 1 aliphatic rings. The van der Waals surface area contributed by atoms with Crippen molar-refractivity contribution < 1.29 is 9.47 Å². The van der Waals surface area contributed by atoms with Crippen LogP contribution in [0.4, 0.5) is 5.82 Å². The predicted octanol–water partition coefficient (Wildman–Crippen LogP) is 3.45. The van der Waals surface area contributed by atoms with Crippen LogP contribution in [-0.4, -0.2) is 42.8 Å². The standard InChI is InChI=1S/C24H25N5O2/c1-17-12-20(14-24(28-17)29-8-10-30-11-9-29)31-23-13-19(15-26)2-4-21(23)22-5-3-18(6-7-25)16-27-22/h2-5,12-14,16H,6-11,25H2,1H3. The van der Waals surface area contributed by atoms with Crippen LogP contribution in [0.15, 0.2) is 48.7 Å². The quantitative estimate of drug-likeness (QED) is 0.658. The van der Waals surface area contributed by atoms with Gasteiger partial charge in [0, 0.05) is 42.7 Å². The van der Waals surface area contributed by atoms with Crippen LogP contribution in [0.2, 0.25) is 0 Å². The number of pyridine rings is 2. The van der Waals surface area contributed by atoms with Crippen LogP contribution in [0.5, 0.6) is 11.5 Å². The largest absolute Gasteiger partial charge is 0.456 e. The van der Waals surface area contributed by atoms with Gasteiger partial charge in [0.25, 0.3) is 0 Å². The van der Waals surface area contributed by atoms with Gasteiger partial charge >= 0.3 is 0 Å². The zero-order valence-corrected chi connectivity index (χ0v) is 17.5. The summed E-state index contributed by atoms with van der Waals surface area (Å²) < 4.78 is 11.7. The van der Waals surface area contributed by atoms with Crippen molar-refractivity contribution in [3.8, 4) is 28.8 Å². The second-order valence-electron chi connectivity index (χ2n) is 7.42. The van der Waals surface area contributed by atoms with Crippen LogP contribution in [0.1, 0.15) is 16.8 Å². The highest BCUT2D eigenvalue weighted by atomic mass is 16.5. The van der Waals surface area contributed by atoms with E-state index in [2.05, 4.69) is 20.9 Å². The van der Waals surface area contributed by atoms with Gasteiger partial charge in [0.2, 0.25) is 0 Å². The molecule has 0 spiro atoms. The summed E-state index contributed by atoms with van der Waals surface area (Å²) in [7, 11) is 0. The van der Waals surface area contributed by atoms with Gasteiger partial charge in [-0.1, -0.05) is 6.07 Å². The maximum Gasteiger partial charge on any atom is 0.138 e. The molecule has 1 aromatic carbocycles. The Morgan fingerprint density at radius 1 is 1.16 bits per heavy atom. The van der Waals surface area contributed by atoms with Gasteiger partial charge in [0.15, 0.2) is 0 Å². The minimum Gasteiger partial charge on any atom is -0.456 e. The van der Waals surface area contributed by atoms with Gasteiger partial charge in [0.1, 0.15) is 17.3 Å². The number of morpholine rings is 1. The lowest BCUT2D eigenvalue weighted by Gasteiger charge is -2.28. The Hall–Kier alpha value is -3.47. The third-order valence-electron chi connectivity index (χ3n) is 5.12. The molecule has 0 saturated carbocycles. The normalized spacial score (nSPS) is 13.6. The monoisotopic (exact) mass is 415 g/mol. The van der Waals surface area contributed by atoms with E-state index in [9.17, 15) is 5.26 Å². The molecule has 2 aromatic heterocycles. The summed E-state index contributed by atoms with van der Waals surface area (Å²) in [5, 5.41) is 9.38. The lowest BCUT2D eigenvalue weighted by molar-refractivity contribution is 0.122. The molecule has 3 heterocycles. The van der Waals surface area contributed by atoms with Gasteiger partial charge in [0.05, 0.1) is 30.5 Å². The first kappa shape index (κ1) is 20.8. The molecule has 1 fully saturated rings. The summed E-state index contributed by atoms with van der Waals surface area (Å²) in [5.41, 5.74) is 9.71. The van der Waals surface area contributed by atoms with Gasteiger partial charge in [-0.3, -0.25) is 4.98 Å². The molecule has 2 N–H and O–H groups in total. The first-order chi connectivity index (χ1) is 15.2. The number of nitriles is 1. The van der Waals surface area contributed by atoms with E-state index in [1.54, 1.807) is 12.1 Å². The molecule has 0 unspecified atom stereocenters. The van der Waals surface area contributed by atoms with Gasteiger partial charge in [-0.15, -0.1) is 0 Å². The number of hydrogen-bond acceptors (Lipinski definition) is 7. The third-order valence-corrected chi connectivity index (χ3v) is 5.12. The number of nitrogens with two attached hydrogens (primary N) is 1. The van der Waals surface area contributed by atoms with E-state index in [1.807, 2.05) is 43.5 Å². The maximum absolute atomic E-state index is 9.38. The highest BCUT2D eigenvalue weighted by Crippen LogP contribution is 2.34. The number of aryl methyl sites for hydroxylation is 1. The Bertz CT molecular complexity index is 1090. The van der Waals surface area contributed by atoms with Crippen molar-refractivity contribution in [2.75, 3.05) is 37.7 Å². The molecule has 0 aliphatic carbocycles. The average molecular weight is 415 g/mol. The smallest absolute Gasteiger partial charge is 0.138 e. The minimum atomic E-state index is 0.526. The molecule has 7 nitrogen and oxygen atoms in total. The van der Waals surface area contributed by atoms with Gasteiger partial charge in [-0.05, 0) is 49.7 Å². The van der Waals surface area contributed by atoms with E-state index in [4.69, 9.17) is 15.2 Å². The van der Waals surface area contributed by atoms with Crippen LogP contribution >= 0.6 is 0 Å². The second kappa shape index (κ2) is 9.56. The molecule has 158 valence electrons. The number of rotatable bonds is 6. The zero-order chi connectivity index (χ0) is 21.6. The molecule has 4 rings (SSSR count). The molecule has 3 aromatic rings. The number of nitrogens with zero attached hydrogens (tertiary/aromatic N) is 4. The Kier molecular flexibility index (Phi) is 6.41. The molecule has 7 heteroatoms. The van der Waals surface area contributed by atoms with Crippen molar-refractivity contribution in [2.45, 2.75) is 13.3 Å². The van der Waals surface area contributed by atoms with Crippen LogP contribution in [0.25, 0.3) is 11.3 Å². The predicted molar refractivity (Wildman–Crippen MR) is 119 cm³/mol. The summed E-state index contributed by atoms with van der Waals surface area (Å²) >= 11 is 0. The molecule has 1 aliphatic heterocycles. The van der Waals surface area contributed by atoms with Crippen LogP contribution < -0.4 is 15.4 Å². The fourth-order valence-electron chi connectivity index (χ4n) is 3.55. The number of ether oxygens (including phenoxy) is 2. The first-order valence-electron chi connectivity index (χ1n) is 10.3. The SMILES string of the molecule is Cc1cc(Oc2cc(C#N)ccc2-c2ccc(CCN)cn2)cc(N2CCOCC2)n1. The summed E-state index contributed by atoms with van der Waals surface area (Å²) in [6.07, 6.45) is 2.61. The Balaban J connectivity index is 1.67. The van der Waals surface area contributed by atoms with Gasteiger partial charge in [-0.2, -0.15) is 5.26 Å². The number of anilines is 1. The van der Waals surface area contributed by atoms with Crippen molar-refractivity contribution >= 4 is 5.82 Å². The molecule has 31 heavy (non-hydrogen) atoms. The number of aromatic nitrogens is 2. The third kappa shape index (κ3) is 5.00. The van der Waals surface area contributed by atoms with E-state index < -0.39 is 0 Å². The fraction of sp³-hybridized carbons (Fsp3) is 0.292. The maximum atomic E-state index is 9.38. The number of benzene rings is 1. The van der Waals surface area contributed by atoms with Crippen molar-refractivity contribution in [2.24, 2.45) is 5.73 Å². The fourth-order valence-corrected chi connectivity index (χ4v) is 3.55. The van der Waals surface area contributed by atoms with E-state index in [1.165, 1.54) is 0 Å². The van der Waals surface area contributed by atoms with E-state index in [0.717, 1.165) is 47.8 Å². The zero-order valence-electron chi connectivity index (χ0n) is 17.5. The van der Waals surface area contributed by atoms with Crippen LogP contribution in [-0.2, 0) is 11.2 Å². The van der Waals surface area contributed by atoms with Crippen molar-refractivity contribution in [3.05, 3.63) is 65.5 Å². The highest BCUT2D eigenvalue weighted by Gasteiger charge is 2.16. The first-order valence-corrected chi connectivity index (χ1v) is 10.3. The molecular formula is C24H25N5O2. The summed E-state index contributed by atoms with van der Waals surface area (Å²) in [6.45, 7) is 5.49. The van der Waals surface area contributed by atoms with E-state index in [0.29, 0.717) is 36.8 Å². The molecule has 0 atom stereocenters.